The molecule has 3 aromatic rings. The van der Waals surface area contributed by atoms with Gasteiger partial charge in [0.25, 0.3) is 0 Å². The molecular weight excluding hydrogens is 346 g/mol. The van der Waals surface area contributed by atoms with Crippen molar-refractivity contribution in [3.05, 3.63) is 53.9 Å². The minimum Gasteiger partial charge on any atom is -0.393 e. The highest BCUT2D eigenvalue weighted by Gasteiger charge is 2.13. The topological polar surface area (TPSA) is 154 Å². The van der Waals surface area contributed by atoms with Crippen LogP contribution in [-0.4, -0.2) is 37.7 Å². The van der Waals surface area contributed by atoms with E-state index in [9.17, 15) is 5.11 Å². The van der Waals surface area contributed by atoms with Gasteiger partial charge in [-0.3, -0.25) is 5.01 Å². The van der Waals surface area contributed by atoms with Gasteiger partial charge in [-0.05, 0) is 11.6 Å². The fraction of sp³-hybridized carbons (Fsp3) is 0.176. The van der Waals surface area contributed by atoms with E-state index >= 15 is 0 Å². The quantitative estimate of drug-likeness (QED) is 0.227. The second-order valence-corrected chi connectivity index (χ2v) is 5.80. The number of nitrogen functional groups attached to an aromatic ring is 1. The number of pyridine rings is 1. The van der Waals surface area contributed by atoms with Crippen molar-refractivity contribution in [3.8, 4) is 0 Å². The number of nitrogens with zero attached hydrogens (tertiary/aromatic N) is 5. The summed E-state index contributed by atoms with van der Waals surface area (Å²) < 4.78 is 1.80. The van der Waals surface area contributed by atoms with E-state index in [2.05, 4.69) is 20.3 Å². The molecule has 0 saturated carbocycles. The van der Waals surface area contributed by atoms with Crippen molar-refractivity contribution in [3.63, 3.8) is 0 Å². The van der Waals surface area contributed by atoms with E-state index in [0.717, 1.165) is 11.2 Å². The van der Waals surface area contributed by atoms with E-state index in [1.807, 2.05) is 18.3 Å². The molecule has 0 fully saturated rings. The molecule has 10 nitrogen and oxygen atoms in total. The summed E-state index contributed by atoms with van der Waals surface area (Å²) in [6, 6.07) is 3.73. The zero-order chi connectivity index (χ0) is 19.4. The highest BCUT2D eigenvalue weighted by molar-refractivity contribution is 6.07. The van der Waals surface area contributed by atoms with Gasteiger partial charge >= 0.3 is 0 Å². The Bertz CT molecular complexity index is 995. The van der Waals surface area contributed by atoms with E-state index < -0.39 is 0 Å². The largest absolute Gasteiger partial charge is 0.393 e. The normalized spacial score (nSPS) is 11.6. The Hall–Kier alpha value is -3.50. The number of allylic oxidation sites excluding steroid dienone is 1. The van der Waals surface area contributed by atoms with Crippen molar-refractivity contribution >= 4 is 29.1 Å². The van der Waals surface area contributed by atoms with Crippen molar-refractivity contribution in [2.45, 2.75) is 13.2 Å². The van der Waals surface area contributed by atoms with Gasteiger partial charge in [-0.15, -0.1) is 0 Å². The van der Waals surface area contributed by atoms with Gasteiger partial charge in [0.1, 0.15) is 5.65 Å². The number of nitrogens with one attached hydrogen (secondary N) is 2. The van der Waals surface area contributed by atoms with Gasteiger partial charge < -0.3 is 26.0 Å². The molecule has 27 heavy (non-hydrogen) atoms. The summed E-state index contributed by atoms with van der Waals surface area (Å²) in [4.78, 5) is 12.8. The Morgan fingerprint density at radius 1 is 1.37 bits per heavy atom. The monoisotopic (exact) mass is 367 g/mol. The first-order valence-electron chi connectivity index (χ1n) is 8.16. The molecular formula is C17H21N9O. The highest BCUT2D eigenvalue weighted by Crippen LogP contribution is 2.21. The van der Waals surface area contributed by atoms with E-state index in [0.29, 0.717) is 29.3 Å². The Morgan fingerprint density at radius 2 is 2.19 bits per heavy atom. The van der Waals surface area contributed by atoms with Crippen molar-refractivity contribution in [2.75, 3.05) is 17.8 Å². The van der Waals surface area contributed by atoms with Crippen LogP contribution in [0.2, 0.25) is 0 Å². The first-order valence-corrected chi connectivity index (χ1v) is 8.16. The molecule has 10 heteroatoms. The van der Waals surface area contributed by atoms with Gasteiger partial charge in [0.2, 0.25) is 0 Å². The number of nitrogens with two attached hydrogens (primary N) is 2. The standard InChI is InChI=1S/C17H21N9O/c1-21-5-12(4-18)14-7-23-16(19)17(24-14)26(20)9-11-2-3-15-22-6-13(10-27)25(15)8-11/h2-8,18,21,27H,9-10,20H2,1H3,(H2,19,23)/b12-5+,18-4?. The number of imidazole rings is 1. The summed E-state index contributed by atoms with van der Waals surface area (Å²) in [5, 5.41) is 21.2. The first kappa shape index (κ1) is 18.3. The molecule has 3 heterocycles. The zero-order valence-corrected chi connectivity index (χ0v) is 14.8. The molecule has 0 radical (unpaired) electrons. The maximum absolute atomic E-state index is 9.40. The lowest BCUT2D eigenvalue weighted by Crippen LogP contribution is -2.32. The molecule has 0 spiro atoms. The average molecular weight is 367 g/mol. The molecule has 0 aromatic carbocycles. The summed E-state index contributed by atoms with van der Waals surface area (Å²) in [6.45, 7) is 0.207. The number of hydrogen-bond acceptors (Lipinski definition) is 9. The molecule has 0 atom stereocenters. The first-order chi connectivity index (χ1) is 13.1. The van der Waals surface area contributed by atoms with Crippen LogP contribution in [0, 0.1) is 5.41 Å². The van der Waals surface area contributed by atoms with Crippen LogP contribution in [0.4, 0.5) is 11.6 Å². The van der Waals surface area contributed by atoms with Crippen molar-refractivity contribution < 1.29 is 5.11 Å². The van der Waals surface area contributed by atoms with E-state index in [1.165, 1.54) is 17.4 Å². The van der Waals surface area contributed by atoms with Gasteiger partial charge in [0.15, 0.2) is 11.6 Å². The van der Waals surface area contributed by atoms with Crippen LogP contribution in [0.1, 0.15) is 17.0 Å². The lowest BCUT2D eigenvalue weighted by molar-refractivity contribution is 0.276. The molecule has 140 valence electrons. The van der Waals surface area contributed by atoms with Crippen LogP contribution in [0.15, 0.2) is 36.9 Å². The Balaban J connectivity index is 1.90. The van der Waals surface area contributed by atoms with Crippen LogP contribution in [0.3, 0.4) is 0 Å². The third-order valence-electron chi connectivity index (χ3n) is 3.96. The number of aliphatic hydroxyl groups is 1. The molecule has 7 N–H and O–H groups in total. The molecule has 3 aromatic heterocycles. The van der Waals surface area contributed by atoms with Gasteiger partial charge in [-0.25, -0.2) is 20.8 Å². The van der Waals surface area contributed by atoms with Gasteiger partial charge in [-0.2, -0.15) is 0 Å². The maximum atomic E-state index is 9.40. The van der Waals surface area contributed by atoms with E-state index in [1.54, 1.807) is 23.8 Å². The lowest BCUT2D eigenvalue weighted by atomic mass is 10.2. The number of hydrazine groups is 1. The van der Waals surface area contributed by atoms with E-state index in [4.69, 9.17) is 17.0 Å². The molecule has 0 bridgehead atoms. The van der Waals surface area contributed by atoms with Gasteiger partial charge in [0, 0.05) is 31.2 Å². The van der Waals surface area contributed by atoms with Crippen LogP contribution in [0.25, 0.3) is 11.2 Å². The highest BCUT2D eigenvalue weighted by atomic mass is 16.3. The van der Waals surface area contributed by atoms with E-state index in [-0.39, 0.29) is 12.4 Å². The van der Waals surface area contributed by atoms with Crippen LogP contribution in [-0.2, 0) is 13.2 Å². The Kier molecular flexibility index (Phi) is 5.29. The summed E-state index contributed by atoms with van der Waals surface area (Å²) in [5.41, 5.74) is 9.27. The third kappa shape index (κ3) is 3.71. The predicted molar refractivity (Wildman–Crippen MR) is 104 cm³/mol. The summed E-state index contributed by atoms with van der Waals surface area (Å²) in [6.07, 6.45) is 7.78. The molecule has 0 aliphatic heterocycles. The number of aliphatic hydroxyl groups excluding tert-OH is 1. The number of rotatable bonds is 7. The second-order valence-electron chi connectivity index (χ2n) is 5.80. The molecule has 0 aliphatic carbocycles. The van der Waals surface area contributed by atoms with Crippen LogP contribution >= 0.6 is 0 Å². The zero-order valence-electron chi connectivity index (χ0n) is 14.8. The number of aromatic nitrogens is 4. The van der Waals surface area contributed by atoms with Crippen molar-refractivity contribution in [2.24, 2.45) is 5.84 Å². The number of fused-ring (bicyclic) bond motifs is 1. The van der Waals surface area contributed by atoms with Crippen LogP contribution < -0.4 is 21.9 Å². The molecule has 0 unspecified atom stereocenters. The average Bonchev–Trinajstić information content (AvgIpc) is 3.09. The fourth-order valence-corrected chi connectivity index (χ4v) is 2.64. The van der Waals surface area contributed by atoms with Crippen molar-refractivity contribution in [1.82, 2.24) is 24.7 Å². The SMILES string of the molecule is CN/C=C(\C=N)c1cnc(N)c(N(N)Cc2ccc3ncc(CO)n3c2)n1. The Morgan fingerprint density at radius 3 is 2.89 bits per heavy atom. The van der Waals surface area contributed by atoms with Crippen molar-refractivity contribution in [1.29, 1.82) is 5.41 Å². The number of anilines is 2. The van der Waals surface area contributed by atoms with Gasteiger partial charge in [0.05, 0.1) is 36.9 Å². The lowest BCUT2D eigenvalue weighted by Gasteiger charge is -2.19. The molecule has 0 saturated heterocycles. The van der Waals surface area contributed by atoms with Gasteiger partial charge in [-0.1, -0.05) is 6.07 Å². The smallest absolute Gasteiger partial charge is 0.186 e. The Labute approximate surface area is 155 Å². The fourth-order valence-electron chi connectivity index (χ4n) is 2.64. The maximum Gasteiger partial charge on any atom is 0.186 e. The third-order valence-corrected chi connectivity index (χ3v) is 3.96. The predicted octanol–water partition coefficient (Wildman–Crippen LogP) is 0.289. The summed E-state index contributed by atoms with van der Waals surface area (Å²) >= 11 is 0. The summed E-state index contributed by atoms with van der Waals surface area (Å²) in [7, 11) is 1.73. The molecule has 0 amide bonds. The minimum atomic E-state index is -0.109. The van der Waals surface area contributed by atoms with Crippen LogP contribution in [0.5, 0.6) is 0 Å². The summed E-state index contributed by atoms with van der Waals surface area (Å²) in [5.74, 6) is 6.69. The molecule has 3 rings (SSSR count). The molecule has 0 aliphatic rings. The minimum absolute atomic E-state index is 0.109. The number of hydrogen-bond donors (Lipinski definition) is 5. The second kappa shape index (κ2) is 7.81.